The molecule has 1 heterocycles. The Morgan fingerprint density at radius 2 is 1.81 bits per heavy atom. The van der Waals surface area contributed by atoms with Crippen LogP contribution >= 0.6 is 0 Å². The quantitative estimate of drug-likeness (QED) is 0.708. The third-order valence-electron chi connectivity index (χ3n) is 2.98. The molecule has 4 heteroatoms. The Kier molecular flexibility index (Phi) is 5.29. The molecular formula is C12H22N2O2. The molecule has 0 radical (unpaired) electrons. The standard InChI is InChI=1S/C12H22N2O2/c1-3-7-11(15)13(4-2)10-12(16)14-8-5-6-9-14/h3-10H2,1-2H3. The third kappa shape index (κ3) is 3.51. The van der Waals surface area contributed by atoms with Crippen LogP contribution < -0.4 is 0 Å². The van der Waals surface area contributed by atoms with Crippen molar-refractivity contribution in [3.05, 3.63) is 0 Å². The first kappa shape index (κ1) is 13.0. The SMILES string of the molecule is CCCC(=O)N(CC)CC(=O)N1CCCC1. The van der Waals surface area contributed by atoms with Crippen molar-refractivity contribution in [1.29, 1.82) is 0 Å². The molecule has 1 aliphatic rings. The summed E-state index contributed by atoms with van der Waals surface area (Å²) in [6.45, 7) is 6.50. The molecule has 0 aromatic heterocycles. The first-order valence-electron chi connectivity index (χ1n) is 6.24. The van der Waals surface area contributed by atoms with Gasteiger partial charge in [0, 0.05) is 26.1 Å². The van der Waals surface area contributed by atoms with E-state index in [9.17, 15) is 9.59 Å². The van der Waals surface area contributed by atoms with E-state index < -0.39 is 0 Å². The van der Waals surface area contributed by atoms with Crippen molar-refractivity contribution < 1.29 is 9.59 Å². The van der Waals surface area contributed by atoms with E-state index in [-0.39, 0.29) is 18.4 Å². The fraction of sp³-hybridized carbons (Fsp3) is 0.833. The van der Waals surface area contributed by atoms with Gasteiger partial charge in [-0.25, -0.2) is 0 Å². The van der Waals surface area contributed by atoms with E-state index in [1.807, 2.05) is 18.7 Å². The Morgan fingerprint density at radius 3 is 2.31 bits per heavy atom. The number of rotatable bonds is 5. The molecule has 1 rings (SSSR count). The van der Waals surface area contributed by atoms with Crippen molar-refractivity contribution in [2.24, 2.45) is 0 Å². The molecule has 0 unspecified atom stereocenters. The smallest absolute Gasteiger partial charge is 0.242 e. The Labute approximate surface area is 97.6 Å². The Hall–Kier alpha value is -1.06. The van der Waals surface area contributed by atoms with Crippen LogP contribution in [0.25, 0.3) is 0 Å². The number of carbonyl (C=O) groups is 2. The van der Waals surface area contributed by atoms with Crippen LogP contribution in [0.15, 0.2) is 0 Å². The van der Waals surface area contributed by atoms with E-state index in [0.29, 0.717) is 13.0 Å². The van der Waals surface area contributed by atoms with Crippen LogP contribution in [0, 0.1) is 0 Å². The minimum absolute atomic E-state index is 0.0950. The second kappa shape index (κ2) is 6.51. The highest BCUT2D eigenvalue weighted by atomic mass is 16.2. The van der Waals surface area contributed by atoms with E-state index in [4.69, 9.17) is 0 Å². The molecule has 16 heavy (non-hydrogen) atoms. The van der Waals surface area contributed by atoms with Crippen molar-refractivity contribution in [2.45, 2.75) is 39.5 Å². The summed E-state index contributed by atoms with van der Waals surface area (Å²) in [6.07, 6.45) is 3.58. The van der Waals surface area contributed by atoms with Gasteiger partial charge in [0.25, 0.3) is 0 Å². The zero-order valence-electron chi connectivity index (χ0n) is 10.4. The van der Waals surface area contributed by atoms with Gasteiger partial charge in [0.05, 0.1) is 6.54 Å². The zero-order chi connectivity index (χ0) is 12.0. The monoisotopic (exact) mass is 226 g/mol. The largest absolute Gasteiger partial charge is 0.341 e. The molecular weight excluding hydrogens is 204 g/mol. The van der Waals surface area contributed by atoms with Gasteiger partial charge in [0.2, 0.25) is 11.8 Å². The second-order valence-electron chi connectivity index (χ2n) is 4.25. The topological polar surface area (TPSA) is 40.6 Å². The molecule has 0 bridgehead atoms. The van der Waals surface area contributed by atoms with Crippen molar-refractivity contribution in [1.82, 2.24) is 9.80 Å². The fourth-order valence-corrected chi connectivity index (χ4v) is 1.98. The van der Waals surface area contributed by atoms with Gasteiger partial charge in [-0.15, -0.1) is 0 Å². The molecule has 0 spiro atoms. The summed E-state index contributed by atoms with van der Waals surface area (Å²) < 4.78 is 0. The lowest BCUT2D eigenvalue weighted by Gasteiger charge is -2.23. The second-order valence-corrected chi connectivity index (χ2v) is 4.25. The van der Waals surface area contributed by atoms with Gasteiger partial charge in [-0.2, -0.15) is 0 Å². The first-order chi connectivity index (χ1) is 7.69. The molecule has 92 valence electrons. The van der Waals surface area contributed by atoms with Crippen LogP contribution in [0.2, 0.25) is 0 Å². The predicted molar refractivity (Wildman–Crippen MR) is 63.0 cm³/mol. The van der Waals surface area contributed by atoms with Crippen LogP contribution in [0.5, 0.6) is 0 Å². The maximum Gasteiger partial charge on any atom is 0.242 e. The number of likely N-dealkylation sites (tertiary alicyclic amines) is 1. The molecule has 1 aliphatic heterocycles. The van der Waals surface area contributed by atoms with Gasteiger partial charge in [-0.3, -0.25) is 9.59 Å². The highest BCUT2D eigenvalue weighted by molar-refractivity contribution is 5.84. The molecule has 0 aromatic carbocycles. The van der Waals surface area contributed by atoms with E-state index in [2.05, 4.69) is 0 Å². The molecule has 1 saturated heterocycles. The summed E-state index contributed by atoms with van der Waals surface area (Å²) >= 11 is 0. The number of hydrogen-bond acceptors (Lipinski definition) is 2. The molecule has 0 N–H and O–H groups in total. The Morgan fingerprint density at radius 1 is 1.19 bits per heavy atom. The van der Waals surface area contributed by atoms with Gasteiger partial charge in [-0.1, -0.05) is 6.92 Å². The third-order valence-corrected chi connectivity index (χ3v) is 2.98. The van der Waals surface area contributed by atoms with E-state index in [0.717, 1.165) is 32.4 Å². The fourth-order valence-electron chi connectivity index (χ4n) is 1.98. The summed E-state index contributed by atoms with van der Waals surface area (Å²) in [7, 11) is 0. The van der Waals surface area contributed by atoms with Crippen LogP contribution in [0.4, 0.5) is 0 Å². The molecule has 0 aromatic rings. The van der Waals surface area contributed by atoms with Crippen molar-refractivity contribution in [3.8, 4) is 0 Å². The molecule has 0 saturated carbocycles. The lowest BCUT2D eigenvalue weighted by molar-refractivity contribution is -0.139. The molecule has 2 amide bonds. The van der Waals surface area contributed by atoms with E-state index >= 15 is 0 Å². The molecule has 0 aliphatic carbocycles. The summed E-state index contributed by atoms with van der Waals surface area (Å²) in [6, 6.07) is 0. The van der Waals surface area contributed by atoms with Gasteiger partial charge >= 0.3 is 0 Å². The summed E-state index contributed by atoms with van der Waals surface area (Å²) in [4.78, 5) is 27.1. The maximum absolute atomic E-state index is 11.9. The number of amides is 2. The van der Waals surface area contributed by atoms with Crippen LogP contribution in [0.1, 0.15) is 39.5 Å². The molecule has 1 fully saturated rings. The van der Waals surface area contributed by atoms with E-state index in [1.165, 1.54) is 0 Å². The predicted octanol–water partition coefficient (Wildman–Crippen LogP) is 1.26. The van der Waals surface area contributed by atoms with Crippen LogP contribution in [-0.2, 0) is 9.59 Å². The minimum Gasteiger partial charge on any atom is -0.341 e. The van der Waals surface area contributed by atoms with Crippen molar-refractivity contribution in [2.75, 3.05) is 26.2 Å². The van der Waals surface area contributed by atoms with Gasteiger partial charge in [0.1, 0.15) is 0 Å². The van der Waals surface area contributed by atoms with Crippen LogP contribution in [-0.4, -0.2) is 47.8 Å². The van der Waals surface area contributed by atoms with Gasteiger partial charge < -0.3 is 9.80 Å². The number of nitrogens with zero attached hydrogens (tertiary/aromatic N) is 2. The summed E-state index contributed by atoms with van der Waals surface area (Å²) in [5.41, 5.74) is 0. The average Bonchev–Trinajstić information content (AvgIpc) is 2.79. The minimum atomic E-state index is 0.0950. The number of hydrogen-bond donors (Lipinski definition) is 0. The highest BCUT2D eigenvalue weighted by Gasteiger charge is 2.21. The average molecular weight is 226 g/mol. The first-order valence-corrected chi connectivity index (χ1v) is 6.24. The van der Waals surface area contributed by atoms with Gasteiger partial charge in [0.15, 0.2) is 0 Å². The normalized spacial score (nSPS) is 15.2. The maximum atomic E-state index is 11.9. The highest BCUT2D eigenvalue weighted by Crippen LogP contribution is 2.08. The molecule has 4 nitrogen and oxygen atoms in total. The van der Waals surface area contributed by atoms with Crippen molar-refractivity contribution in [3.63, 3.8) is 0 Å². The lowest BCUT2D eigenvalue weighted by atomic mass is 10.3. The van der Waals surface area contributed by atoms with Crippen molar-refractivity contribution >= 4 is 11.8 Å². The number of carbonyl (C=O) groups excluding carboxylic acids is 2. The number of likely N-dealkylation sites (N-methyl/N-ethyl adjacent to an activating group) is 1. The summed E-state index contributed by atoms with van der Waals surface area (Å²) in [5, 5.41) is 0. The van der Waals surface area contributed by atoms with E-state index in [1.54, 1.807) is 4.90 Å². The Bertz CT molecular complexity index is 247. The molecule has 0 atom stereocenters. The van der Waals surface area contributed by atoms with Crippen LogP contribution in [0.3, 0.4) is 0 Å². The van der Waals surface area contributed by atoms with Gasteiger partial charge in [-0.05, 0) is 26.2 Å². The Balaban J connectivity index is 2.42. The summed E-state index contributed by atoms with van der Waals surface area (Å²) in [5.74, 6) is 0.196. The zero-order valence-corrected chi connectivity index (χ0v) is 10.4. The lowest BCUT2D eigenvalue weighted by Crippen LogP contribution is -2.41.